The van der Waals surface area contributed by atoms with E-state index >= 15 is 0 Å². The quantitative estimate of drug-likeness (QED) is 0.590. The predicted molar refractivity (Wildman–Crippen MR) is 92.3 cm³/mol. The third-order valence-electron chi connectivity index (χ3n) is 3.81. The summed E-state index contributed by atoms with van der Waals surface area (Å²) >= 11 is 0. The van der Waals surface area contributed by atoms with Crippen molar-refractivity contribution >= 4 is 11.4 Å². The van der Waals surface area contributed by atoms with Gasteiger partial charge in [-0.2, -0.15) is 0 Å². The number of hydrogen-bond acceptors (Lipinski definition) is 5. The molecule has 2 aromatic rings. The van der Waals surface area contributed by atoms with Gasteiger partial charge in [0, 0.05) is 37.5 Å². The highest BCUT2D eigenvalue weighted by Crippen LogP contribution is 2.15. The van der Waals surface area contributed by atoms with E-state index < -0.39 is 11.0 Å². The molecule has 1 aromatic carbocycles. The van der Waals surface area contributed by atoms with Crippen molar-refractivity contribution < 1.29 is 10.0 Å². The number of para-hydroxylation sites is 1. The molecular weight excluding hydrogens is 310 g/mol. The summed E-state index contributed by atoms with van der Waals surface area (Å²) in [5.74, 6) is 0. The molecule has 2 rings (SSSR count). The van der Waals surface area contributed by atoms with Crippen LogP contribution in [0.3, 0.4) is 0 Å². The van der Waals surface area contributed by atoms with E-state index in [0.29, 0.717) is 26.1 Å². The van der Waals surface area contributed by atoms with E-state index in [2.05, 4.69) is 0 Å². The van der Waals surface area contributed by atoms with Crippen molar-refractivity contribution in [1.82, 2.24) is 4.57 Å². The van der Waals surface area contributed by atoms with Gasteiger partial charge in [0.2, 0.25) is 0 Å². The van der Waals surface area contributed by atoms with Gasteiger partial charge in [0.15, 0.2) is 0 Å². The van der Waals surface area contributed by atoms with Crippen molar-refractivity contribution in [3.8, 4) is 0 Å². The Labute approximate surface area is 139 Å². The molecule has 1 aromatic heterocycles. The fourth-order valence-corrected chi connectivity index (χ4v) is 2.38. The van der Waals surface area contributed by atoms with Crippen molar-refractivity contribution in [3.05, 3.63) is 69.1 Å². The van der Waals surface area contributed by atoms with Crippen molar-refractivity contribution in [2.75, 3.05) is 18.0 Å². The molecule has 1 unspecified atom stereocenters. The third kappa shape index (κ3) is 4.66. The zero-order chi connectivity index (χ0) is 17.5. The predicted octanol–water partition coefficient (Wildman–Crippen LogP) is 2.03. The molecule has 0 spiro atoms. The second kappa shape index (κ2) is 8.26. The highest BCUT2D eigenvalue weighted by Gasteiger charge is 2.13. The normalized spacial score (nSPS) is 11.9. The summed E-state index contributed by atoms with van der Waals surface area (Å²) in [6.45, 7) is 3.09. The first-order valence-corrected chi connectivity index (χ1v) is 7.84. The van der Waals surface area contributed by atoms with Gasteiger partial charge in [-0.3, -0.25) is 14.9 Å². The van der Waals surface area contributed by atoms with Crippen LogP contribution < -0.4 is 10.5 Å². The molecule has 1 N–H and O–H groups in total. The summed E-state index contributed by atoms with van der Waals surface area (Å²) in [5.41, 5.74) is 0.530. The molecule has 1 atom stereocenters. The Balaban J connectivity index is 2.17. The highest BCUT2D eigenvalue weighted by molar-refractivity contribution is 5.46. The van der Waals surface area contributed by atoms with E-state index in [4.69, 9.17) is 0 Å². The standard InChI is InChI=1S/C17H21N3O4/c1-2-16(21)13-18(14-6-4-3-5-7-14)10-11-19-12-15(20(23)24)8-9-17(19)22/h3-9,12,16,21H,2,10-11,13H2,1H3. The van der Waals surface area contributed by atoms with Crippen LogP contribution in [-0.4, -0.2) is 33.8 Å². The fraction of sp³-hybridized carbons (Fsp3) is 0.353. The van der Waals surface area contributed by atoms with Crippen LogP contribution in [0.4, 0.5) is 11.4 Å². The molecule has 0 aliphatic rings. The first kappa shape index (κ1) is 17.7. The lowest BCUT2D eigenvalue weighted by Crippen LogP contribution is -2.36. The molecule has 1 heterocycles. The van der Waals surface area contributed by atoms with Gasteiger partial charge >= 0.3 is 0 Å². The molecule has 0 aliphatic carbocycles. The van der Waals surface area contributed by atoms with Crippen LogP contribution in [-0.2, 0) is 6.54 Å². The molecule has 0 saturated heterocycles. The number of anilines is 1. The Morgan fingerprint density at radius 2 is 1.96 bits per heavy atom. The number of aliphatic hydroxyl groups excluding tert-OH is 1. The fourth-order valence-electron chi connectivity index (χ4n) is 2.38. The number of nitrogens with zero attached hydrogens (tertiary/aromatic N) is 3. The average Bonchev–Trinajstić information content (AvgIpc) is 2.60. The second-order valence-corrected chi connectivity index (χ2v) is 5.52. The number of hydrogen-bond donors (Lipinski definition) is 1. The van der Waals surface area contributed by atoms with Crippen LogP contribution >= 0.6 is 0 Å². The number of pyridine rings is 1. The molecule has 0 bridgehead atoms. The van der Waals surface area contributed by atoms with E-state index in [1.807, 2.05) is 42.2 Å². The van der Waals surface area contributed by atoms with E-state index in [9.17, 15) is 20.0 Å². The maximum Gasteiger partial charge on any atom is 0.285 e. The summed E-state index contributed by atoms with van der Waals surface area (Å²) in [6.07, 6.45) is 1.40. The SMILES string of the molecule is CCC(O)CN(CCn1cc([N+](=O)[O-])ccc1=O)c1ccccc1. The van der Waals surface area contributed by atoms with Crippen molar-refractivity contribution in [3.63, 3.8) is 0 Å². The van der Waals surface area contributed by atoms with E-state index in [1.54, 1.807) is 0 Å². The van der Waals surface area contributed by atoms with E-state index in [1.165, 1.54) is 22.9 Å². The van der Waals surface area contributed by atoms with Crippen molar-refractivity contribution in [2.45, 2.75) is 26.0 Å². The molecule has 0 amide bonds. The van der Waals surface area contributed by atoms with Gasteiger partial charge in [-0.15, -0.1) is 0 Å². The van der Waals surface area contributed by atoms with Crippen LogP contribution in [0.5, 0.6) is 0 Å². The van der Waals surface area contributed by atoms with Gasteiger partial charge in [0.25, 0.3) is 11.2 Å². The Morgan fingerprint density at radius 3 is 2.58 bits per heavy atom. The minimum atomic E-state index is -0.522. The maximum atomic E-state index is 11.9. The first-order chi connectivity index (χ1) is 11.5. The first-order valence-electron chi connectivity index (χ1n) is 7.84. The summed E-state index contributed by atoms with van der Waals surface area (Å²) in [4.78, 5) is 24.2. The van der Waals surface area contributed by atoms with Gasteiger partial charge in [0.1, 0.15) is 0 Å². The monoisotopic (exact) mass is 331 g/mol. The zero-order valence-electron chi connectivity index (χ0n) is 13.5. The number of aromatic nitrogens is 1. The van der Waals surface area contributed by atoms with Gasteiger partial charge < -0.3 is 14.6 Å². The number of nitro groups is 1. The molecule has 0 saturated carbocycles. The lowest BCUT2D eigenvalue weighted by Gasteiger charge is -2.27. The Bertz CT molecular complexity index is 730. The topological polar surface area (TPSA) is 88.6 Å². The number of aliphatic hydroxyl groups is 1. The van der Waals surface area contributed by atoms with Crippen LogP contribution in [0.25, 0.3) is 0 Å². The molecule has 7 heteroatoms. The minimum Gasteiger partial charge on any atom is -0.391 e. The average molecular weight is 331 g/mol. The molecule has 0 fully saturated rings. The van der Waals surface area contributed by atoms with E-state index in [-0.39, 0.29) is 11.2 Å². The molecule has 128 valence electrons. The number of benzene rings is 1. The van der Waals surface area contributed by atoms with Gasteiger partial charge in [0.05, 0.1) is 17.2 Å². The summed E-state index contributed by atoms with van der Waals surface area (Å²) in [5, 5.41) is 20.8. The van der Waals surface area contributed by atoms with E-state index in [0.717, 1.165) is 5.69 Å². The lowest BCUT2D eigenvalue weighted by atomic mass is 10.2. The Hall–Kier alpha value is -2.67. The van der Waals surface area contributed by atoms with Crippen LogP contribution in [0.15, 0.2) is 53.5 Å². The Morgan fingerprint density at radius 1 is 1.25 bits per heavy atom. The molecular formula is C17H21N3O4. The van der Waals surface area contributed by atoms with Crippen LogP contribution in [0.1, 0.15) is 13.3 Å². The van der Waals surface area contributed by atoms with Crippen LogP contribution in [0, 0.1) is 10.1 Å². The van der Waals surface area contributed by atoms with Crippen molar-refractivity contribution in [1.29, 1.82) is 0 Å². The Kier molecular flexibility index (Phi) is 6.08. The van der Waals surface area contributed by atoms with Gasteiger partial charge in [-0.05, 0) is 18.6 Å². The zero-order valence-corrected chi connectivity index (χ0v) is 13.5. The molecule has 0 radical (unpaired) electrons. The second-order valence-electron chi connectivity index (χ2n) is 5.52. The maximum absolute atomic E-state index is 11.9. The largest absolute Gasteiger partial charge is 0.391 e. The van der Waals surface area contributed by atoms with Crippen LogP contribution in [0.2, 0.25) is 0 Å². The number of rotatable bonds is 8. The molecule has 24 heavy (non-hydrogen) atoms. The summed E-state index contributed by atoms with van der Waals surface area (Å²) in [7, 11) is 0. The third-order valence-corrected chi connectivity index (χ3v) is 3.81. The lowest BCUT2D eigenvalue weighted by molar-refractivity contribution is -0.385. The van der Waals surface area contributed by atoms with Crippen molar-refractivity contribution in [2.24, 2.45) is 0 Å². The molecule has 7 nitrogen and oxygen atoms in total. The molecule has 0 aliphatic heterocycles. The minimum absolute atomic E-state index is 0.116. The smallest absolute Gasteiger partial charge is 0.285 e. The van der Waals surface area contributed by atoms with Gasteiger partial charge in [-0.25, -0.2) is 0 Å². The summed E-state index contributed by atoms with van der Waals surface area (Å²) < 4.78 is 1.33. The highest BCUT2D eigenvalue weighted by atomic mass is 16.6. The van der Waals surface area contributed by atoms with Gasteiger partial charge in [-0.1, -0.05) is 25.1 Å². The summed E-state index contributed by atoms with van der Waals surface area (Å²) in [6, 6.07) is 12.0.